The Morgan fingerprint density at radius 1 is 1.35 bits per heavy atom. The number of likely N-dealkylation sites (tertiary alicyclic amines) is 1. The lowest BCUT2D eigenvalue weighted by Gasteiger charge is -2.25. The molecular weight excluding hydrogens is 248 g/mol. The van der Waals surface area contributed by atoms with E-state index in [1.54, 1.807) is 6.20 Å². The summed E-state index contributed by atoms with van der Waals surface area (Å²) in [5, 5.41) is 0. The first kappa shape index (κ1) is 15.0. The van der Waals surface area contributed by atoms with Crippen LogP contribution in [0.3, 0.4) is 0 Å². The van der Waals surface area contributed by atoms with Crippen LogP contribution in [0.25, 0.3) is 0 Å². The fourth-order valence-electron chi connectivity index (χ4n) is 3.01. The largest absolute Gasteiger partial charge is 0.336 e. The molecule has 1 aromatic heterocycles. The van der Waals surface area contributed by atoms with E-state index < -0.39 is 0 Å². The van der Waals surface area contributed by atoms with Crippen molar-refractivity contribution in [1.82, 2.24) is 9.88 Å². The van der Waals surface area contributed by atoms with Crippen molar-refractivity contribution in [3.05, 3.63) is 30.1 Å². The van der Waals surface area contributed by atoms with Gasteiger partial charge in [0.25, 0.3) is 0 Å². The van der Waals surface area contributed by atoms with Gasteiger partial charge in [0.15, 0.2) is 0 Å². The lowest BCUT2D eigenvalue weighted by molar-refractivity contribution is -0.132. The van der Waals surface area contributed by atoms with Gasteiger partial charge >= 0.3 is 0 Å². The highest BCUT2D eigenvalue weighted by Gasteiger charge is 2.29. The van der Waals surface area contributed by atoms with E-state index in [4.69, 9.17) is 0 Å². The second-order valence-corrected chi connectivity index (χ2v) is 5.70. The van der Waals surface area contributed by atoms with Gasteiger partial charge in [-0.15, -0.1) is 0 Å². The SMILES string of the molecule is CCCCCCCC(=O)N1CCCC1c1cccnc1. The van der Waals surface area contributed by atoms with Gasteiger partial charge in [-0.3, -0.25) is 9.78 Å². The second kappa shape index (κ2) is 8.03. The Morgan fingerprint density at radius 2 is 2.20 bits per heavy atom. The van der Waals surface area contributed by atoms with E-state index in [1.165, 1.54) is 31.2 Å². The molecule has 1 amide bonds. The molecule has 1 fully saturated rings. The molecule has 1 aliphatic rings. The highest BCUT2D eigenvalue weighted by molar-refractivity contribution is 5.77. The van der Waals surface area contributed by atoms with Crippen molar-refractivity contribution in [3.63, 3.8) is 0 Å². The van der Waals surface area contributed by atoms with Crippen LogP contribution in [0.4, 0.5) is 0 Å². The van der Waals surface area contributed by atoms with Crippen LogP contribution in [0.15, 0.2) is 24.5 Å². The first-order chi connectivity index (χ1) is 9.83. The Labute approximate surface area is 122 Å². The maximum absolute atomic E-state index is 12.4. The average molecular weight is 274 g/mol. The van der Waals surface area contributed by atoms with Crippen molar-refractivity contribution >= 4 is 5.91 Å². The summed E-state index contributed by atoms with van der Waals surface area (Å²) in [6, 6.07) is 4.30. The van der Waals surface area contributed by atoms with E-state index in [0.717, 1.165) is 25.8 Å². The fraction of sp³-hybridized carbons (Fsp3) is 0.647. The van der Waals surface area contributed by atoms with Crippen molar-refractivity contribution in [2.45, 2.75) is 64.3 Å². The average Bonchev–Trinajstić information content (AvgIpc) is 2.97. The van der Waals surface area contributed by atoms with Crippen molar-refractivity contribution in [1.29, 1.82) is 0 Å². The van der Waals surface area contributed by atoms with Crippen LogP contribution in [0, 0.1) is 0 Å². The fourth-order valence-corrected chi connectivity index (χ4v) is 3.01. The number of hydrogen-bond acceptors (Lipinski definition) is 2. The molecule has 1 atom stereocenters. The van der Waals surface area contributed by atoms with E-state index in [-0.39, 0.29) is 6.04 Å². The summed E-state index contributed by atoms with van der Waals surface area (Å²) in [6.07, 6.45) is 12.6. The predicted molar refractivity (Wildman–Crippen MR) is 81.3 cm³/mol. The number of aromatic nitrogens is 1. The van der Waals surface area contributed by atoms with Crippen LogP contribution >= 0.6 is 0 Å². The summed E-state index contributed by atoms with van der Waals surface area (Å²) in [5.41, 5.74) is 1.18. The van der Waals surface area contributed by atoms with Gasteiger partial charge in [-0.1, -0.05) is 38.7 Å². The van der Waals surface area contributed by atoms with E-state index >= 15 is 0 Å². The van der Waals surface area contributed by atoms with Crippen LogP contribution in [0.2, 0.25) is 0 Å². The zero-order chi connectivity index (χ0) is 14.2. The van der Waals surface area contributed by atoms with Crippen LogP contribution in [-0.4, -0.2) is 22.3 Å². The topological polar surface area (TPSA) is 33.2 Å². The molecule has 3 nitrogen and oxygen atoms in total. The maximum atomic E-state index is 12.4. The Balaban J connectivity index is 1.83. The minimum absolute atomic E-state index is 0.256. The lowest BCUT2D eigenvalue weighted by atomic mass is 10.1. The number of carbonyl (C=O) groups is 1. The van der Waals surface area contributed by atoms with Gasteiger partial charge in [-0.25, -0.2) is 0 Å². The molecule has 2 rings (SSSR count). The summed E-state index contributed by atoms with van der Waals surface area (Å²) in [6.45, 7) is 3.13. The normalized spacial score (nSPS) is 18.4. The Hall–Kier alpha value is -1.38. The highest BCUT2D eigenvalue weighted by atomic mass is 16.2. The van der Waals surface area contributed by atoms with E-state index in [1.807, 2.05) is 12.3 Å². The Morgan fingerprint density at radius 3 is 2.95 bits per heavy atom. The number of nitrogens with zero attached hydrogens (tertiary/aromatic N) is 2. The van der Waals surface area contributed by atoms with Crippen LogP contribution in [-0.2, 0) is 4.79 Å². The number of amides is 1. The molecule has 0 bridgehead atoms. The predicted octanol–water partition coefficient (Wildman–Crippen LogP) is 4.11. The summed E-state index contributed by atoms with van der Waals surface area (Å²) < 4.78 is 0. The third-order valence-electron chi connectivity index (χ3n) is 4.14. The molecule has 20 heavy (non-hydrogen) atoms. The Bertz CT molecular complexity index is 405. The minimum atomic E-state index is 0.256. The number of carbonyl (C=O) groups excluding carboxylic acids is 1. The number of hydrogen-bond donors (Lipinski definition) is 0. The Kier molecular flexibility index (Phi) is 6.03. The standard InChI is InChI=1S/C17H26N2O/c1-2-3-4-5-6-11-17(20)19-13-8-10-16(19)15-9-7-12-18-14-15/h7,9,12,14,16H,2-6,8,10-11,13H2,1H3. The van der Waals surface area contributed by atoms with Gasteiger partial charge in [0.1, 0.15) is 0 Å². The van der Waals surface area contributed by atoms with Crippen LogP contribution in [0.1, 0.15) is 69.9 Å². The first-order valence-corrected chi connectivity index (χ1v) is 8.02. The third kappa shape index (κ3) is 4.06. The first-order valence-electron chi connectivity index (χ1n) is 8.02. The van der Waals surface area contributed by atoms with Crippen molar-refractivity contribution < 1.29 is 4.79 Å². The zero-order valence-electron chi connectivity index (χ0n) is 12.6. The molecule has 0 spiro atoms. The molecule has 2 heterocycles. The van der Waals surface area contributed by atoms with E-state index in [9.17, 15) is 4.79 Å². The lowest BCUT2D eigenvalue weighted by Crippen LogP contribution is -2.30. The summed E-state index contributed by atoms with van der Waals surface area (Å²) >= 11 is 0. The van der Waals surface area contributed by atoms with Crippen molar-refractivity contribution in [2.24, 2.45) is 0 Å². The van der Waals surface area contributed by atoms with Gasteiger partial charge < -0.3 is 4.90 Å². The van der Waals surface area contributed by atoms with E-state index in [0.29, 0.717) is 12.3 Å². The molecule has 1 saturated heterocycles. The van der Waals surface area contributed by atoms with E-state index in [2.05, 4.69) is 22.9 Å². The molecule has 110 valence electrons. The summed E-state index contributed by atoms with van der Waals surface area (Å²) in [4.78, 5) is 18.6. The van der Waals surface area contributed by atoms with Gasteiger partial charge in [0.05, 0.1) is 6.04 Å². The van der Waals surface area contributed by atoms with Crippen molar-refractivity contribution in [3.8, 4) is 0 Å². The number of unbranched alkanes of at least 4 members (excludes halogenated alkanes) is 4. The maximum Gasteiger partial charge on any atom is 0.223 e. The quantitative estimate of drug-likeness (QED) is 0.701. The van der Waals surface area contributed by atoms with Gasteiger partial charge in [-0.2, -0.15) is 0 Å². The molecule has 1 aromatic rings. The zero-order valence-corrected chi connectivity index (χ0v) is 12.6. The minimum Gasteiger partial charge on any atom is -0.336 e. The molecule has 0 saturated carbocycles. The van der Waals surface area contributed by atoms with Crippen LogP contribution < -0.4 is 0 Å². The monoisotopic (exact) mass is 274 g/mol. The third-order valence-corrected chi connectivity index (χ3v) is 4.14. The molecule has 0 N–H and O–H groups in total. The second-order valence-electron chi connectivity index (χ2n) is 5.70. The molecule has 1 unspecified atom stereocenters. The molecule has 0 aromatic carbocycles. The molecule has 1 aliphatic heterocycles. The number of pyridine rings is 1. The number of rotatable bonds is 7. The molecule has 3 heteroatoms. The summed E-state index contributed by atoms with van der Waals surface area (Å²) in [7, 11) is 0. The molecule has 0 aliphatic carbocycles. The van der Waals surface area contributed by atoms with Gasteiger partial charge in [0, 0.05) is 25.4 Å². The smallest absolute Gasteiger partial charge is 0.223 e. The molecular formula is C17H26N2O. The van der Waals surface area contributed by atoms with Crippen molar-refractivity contribution in [2.75, 3.05) is 6.54 Å². The molecule has 0 radical (unpaired) electrons. The highest BCUT2D eigenvalue weighted by Crippen LogP contribution is 2.32. The van der Waals surface area contributed by atoms with Gasteiger partial charge in [-0.05, 0) is 30.9 Å². The van der Waals surface area contributed by atoms with Crippen LogP contribution in [0.5, 0.6) is 0 Å². The summed E-state index contributed by atoms with van der Waals surface area (Å²) in [5.74, 6) is 0.327. The van der Waals surface area contributed by atoms with Gasteiger partial charge in [0.2, 0.25) is 5.91 Å².